The van der Waals surface area contributed by atoms with Crippen molar-refractivity contribution in [2.75, 3.05) is 5.88 Å². The quantitative estimate of drug-likeness (QED) is 0.489. The highest BCUT2D eigenvalue weighted by atomic mass is 35.5. The first-order valence-corrected chi connectivity index (χ1v) is 3.45. The Morgan fingerprint density at radius 1 is 1.67 bits per heavy atom. The van der Waals surface area contributed by atoms with E-state index in [1.54, 1.807) is 13.8 Å². The maximum atomic E-state index is 9.04. The lowest BCUT2D eigenvalue weighted by molar-refractivity contribution is -0.196. The van der Waals surface area contributed by atoms with Crippen LogP contribution in [0.2, 0.25) is 0 Å². The number of hydrogen-bond donors (Lipinski definition) is 1. The van der Waals surface area contributed by atoms with Crippen LogP contribution in [0.4, 0.5) is 0 Å². The number of hydrogen-bond acceptors (Lipinski definition) is 2. The molecule has 0 aliphatic carbocycles. The van der Waals surface area contributed by atoms with Gasteiger partial charge in [0.05, 0.1) is 6.10 Å². The molecule has 0 rings (SSSR count). The van der Waals surface area contributed by atoms with Crippen LogP contribution in [0.5, 0.6) is 0 Å². The number of rotatable bonds is 3. The minimum atomic E-state index is -1.06. The van der Waals surface area contributed by atoms with Crippen LogP contribution in [0.3, 0.4) is 0 Å². The molecule has 2 nitrogen and oxygen atoms in total. The molecule has 0 heterocycles. The van der Waals surface area contributed by atoms with Crippen LogP contribution in [-0.4, -0.2) is 22.9 Å². The van der Waals surface area contributed by atoms with E-state index in [1.807, 2.05) is 6.92 Å². The lowest BCUT2D eigenvalue weighted by Crippen LogP contribution is -2.29. The minimum Gasteiger partial charge on any atom is -0.366 e. The van der Waals surface area contributed by atoms with Gasteiger partial charge in [0.1, 0.15) is 0 Å². The lowest BCUT2D eigenvalue weighted by atomic mass is 10.3. The molecular formula is C6H13ClO2. The van der Waals surface area contributed by atoms with E-state index in [1.165, 1.54) is 0 Å². The van der Waals surface area contributed by atoms with E-state index in [0.29, 0.717) is 5.88 Å². The van der Waals surface area contributed by atoms with Crippen molar-refractivity contribution in [3.63, 3.8) is 0 Å². The van der Waals surface area contributed by atoms with Gasteiger partial charge in [0.2, 0.25) is 0 Å². The van der Waals surface area contributed by atoms with Crippen molar-refractivity contribution in [3.8, 4) is 0 Å². The zero-order valence-electron chi connectivity index (χ0n) is 6.02. The number of aliphatic hydroxyl groups is 1. The topological polar surface area (TPSA) is 29.5 Å². The van der Waals surface area contributed by atoms with Crippen molar-refractivity contribution in [2.45, 2.75) is 32.7 Å². The fraction of sp³-hybridized carbons (Fsp3) is 1.00. The highest BCUT2D eigenvalue weighted by molar-refractivity contribution is 6.18. The van der Waals surface area contributed by atoms with Crippen LogP contribution in [0.25, 0.3) is 0 Å². The third kappa shape index (κ3) is 6.09. The summed E-state index contributed by atoms with van der Waals surface area (Å²) in [7, 11) is 0. The van der Waals surface area contributed by atoms with E-state index in [2.05, 4.69) is 0 Å². The minimum absolute atomic E-state index is 0.0910. The van der Waals surface area contributed by atoms with Crippen molar-refractivity contribution in [2.24, 2.45) is 0 Å². The molecule has 0 unspecified atom stereocenters. The summed E-state index contributed by atoms with van der Waals surface area (Å²) in [5, 5.41) is 9.04. The molecule has 3 heteroatoms. The fourth-order valence-corrected chi connectivity index (χ4v) is 0.587. The maximum absolute atomic E-state index is 9.04. The summed E-state index contributed by atoms with van der Waals surface area (Å²) >= 11 is 5.42. The van der Waals surface area contributed by atoms with Gasteiger partial charge in [0.25, 0.3) is 0 Å². The summed E-state index contributed by atoms with van der Waals surface area (Å²) in [5.41, 5.74) is 0. The standard InChI is InChI=1S/C6H13ClO2/c1-5(4-7)9-6(2,3)8/h5,8H,4H2,1-3H3/t5-/m1/s1. The molecule has 0 radical (unpaired) electrons. The highest BCUT2D eigenvalue weighted by Crippen LogP contribution is 2.07. The predicted octanol–water partition coefficient (Wildman–Crippen LogP) is 1.36. The maximum Gasteiger partial charge on any atom is 0.160 e. The molecule has 1 atom stereocenters. The zero-order chi connectivity index (χ0) is 7.49. The van der Waals surface area contributed by atoms with Gasteiger partial charge >= 0.3 is 0 Å². The average Bonchev–Trinajstić information content (AvgIpc) is 1.62. The van der Waals surface area contributed by atoms with Crippen LogP contribution >= 0.6 is 11.6 Å². The van der Waals surface area contributed by atoms with E-state index >= 15 is 0 Å². The van der Waals surface area contributed by atoms with E-state index in [-0.39, 0.29) is 6.10 Å². The summed E-state index contributed by atoms with van der Waals surface area (Å²) in [6, 6.07) is 0. The predicted molar refractivity (Wildman–Crippen MR) is 37.6 cm³/mol. The molecule has 1 N–H and O–H groups in total. The third-order valence-electron chi connectivity index (χ3n) is 0.707. The molecule has 0 spiro atoms. The smallest absolute Gasteiger partial charge is 0.160 e. The van der Waals surface area contributed by atoms with Crippen molar-refractivity contribution < 1.29 is 9.84 Å². The number of ether oxygens (including phenoxy) is 1. The first kappa shape index (κ1) is 9.21. The highest BCUT2D eigenvalue weighted by Gasteiger charge is 2.15. The summed E-state index contributed by atoms with van der Waals surface area (Å²) in [6.45, 7) is 4.97. The lowest BCUT2D eigenvalue weighted by Gasteiger charge is -2.21. The van der Waals surface area contributed by atoms with Gasteiger partial charge in [-0.3, -0.25) is 0 Å². The summed E-state index contributed by atoms with van der Waals surface area (Å²) in [5.74, 6) is -0.654. The fourth-order valence-electron chi connectivity index (χ4n) is 0.524. The molecule has 0 saturated heterocycles. The summed E-state index contributed by atoms with van der Waals surface area (Å²) in [4.78, 5) is 0. The van der Waals surface area contributed by atoms with Gasteiger partial charge in [-0.2, -0.15) is 0 Å². The number of alkyl halides is 1. The third-order valence-corrected chi connectivity index (χ3v) is 1.14. The van der Waals surface area contributed by atoms with Gasteiger partial charge < -0.3 is 9.84 Å². The summed E-state index contributed by atoms with van der Waals surface area (Å²) < 4.78 is 5.01. The molecule has 0 saturated carbocycles. The van der Waals surface area contributed by atoms with Crippen LogP contribution in [0.1, 0.15) is 20.8 Å². The van der Waals surface area contributed by atoms with Gasteiger partial charge in [-0.25, -0.2) is 0 Å². The van der Waals surface area contributed by atoms with Crippen LogP contribution < -0.4 is 0 Å². The number of halogens is 1. The van der Waals surface area contributed by atoms with Crippen LogP contribution in [0.15, 0.2) is 0 Å². The zero-order valence-corrected chi connectivity index (χ0v) is 6.77. The first-order valence-electron chi connectivity index (χ1n) is 2.92. The van der Waals surface area contributed by atoms with E-state index in [9.17, 15) is 0 Å². The molecule has 56 valence electrons. The molecule has 0 fully saturated rings. The molecule has 0 aromatic heterocycles. The van der Waals surface area contributed by atoms with E-state index in [4.69, 9.17) is 21.4 Å². The molecule has 0 amide bonds. The molecular weight excluding hydrogens is 140 g/mol. The van der Waals surface area contributed by atoms with Crippen molar-refractivity contribution >= 4 is 11.6 Å². The van der Waals surface area contributed by atoms with Gasteiger partial charge in [-0.1, -0.05) is 0 Å². The van der Waals surface area contributed by atoms with Gasteiger partial charge in [-0.15, -0.1) is 11.6 Å². The van der Waals surface area contributed by atoms with Crippen LogP contribution in [0, 0.1) is 0 Å². The SMILES string of the molecule is C[C@H](CCl)OC(C)(C)O. The molecule has 0 aliphatic heterocycles. The largest absolute Gasteiger partial charge is 0.366 e. The Balaban J connectivity index is 3.47. The Bertz CT molecular complexity index is 77.6. The van der Waals surface area contributed by atoms with E-state index < -0.39 is 5.79 Å². The van der Waals surface area contributed by atoms with E-state index in [0.717, 1.165) is 0 Å². The molecule has 9 heavy (non-hydrogen) atoms. The Morgan fingerprint density at radius 3 is 2.22 bits per heavy atom. The van der Waals surface area contributed by atoms with Gasteiger partial charge in [0, 0.05) is 5.88 Å². The Labute approximate surface area is 60.8 Å². The molecule has 0 bridgehead atoms. The van der Waals surface area contributed by atoms with Gasteiger partial charge in [0.15, 0.2) is 5.79 Å². The Morgan fingerprint density at radius 2 is 2.11 bits per heavy atom. The summed E-state index contributed by atoms with van der Waals surface area (Å²) in [6.07, 6.45) is -0.0910. The second-order valence-corrected chi connectivity index (χ2v) is 2.84. The van der Waals surface area contributed by atoms with Crippen molar-refractivity contribution in [1.29, 1.82) is 0 Å². The Hall–Kier alpha value is 0.210. The first-order chi connectivity index (χ1) is 3.95. The molecule has 0 aromatic rings. The molecule has 0 aromatic carbocycles. The van der Waals surface area contributed by atoms with Crippen molar-refractivity contribution in [3.05, 3.63) is 0 Å². The monoisotopic (exact) mass is 152 g/mol. The Kier molecular flexibility index (Phi) is 3.48. The normalized spacial score (nSPS) is 15.7. The molecule has 0 aliphatic rings. The van der Waals surface area contributed by atoms with Crippen molar-refractivity contribution in [1.82, 2.24) is 0 Å². The second-order valence-electron chi connectivity index (χ2n) is 2.53. The average molecular weight is 153 g/mol. The second kappa shape index (κ2) is 3.40. The van der Waals surface area contributed by atoms with Crippen LogP contribution in [-0.2, 0) is 4.74 Å². The van der Waals surface area contributed by atoms with Gasteiger partial charge in [-0.05, 0) is 20.8 Å².